The van der Waals surface area contributed by atoms with Crippen LogP contribution in [0.1, 0.15) is 35.6 Å². The Morgan fingerprint density at radius 3 is 2.50 bits per heavy atom. The molecule has 3 N–H and O–H groups in total. The molecule has 0 bridgehead atoms. The minimum Gasteiger partial charge on any atom is -0.496 e. The van der Waals surface area contributed by atoms with Gasteiger partial charge in [-0.15, -0.1) is 0 Å². The van der Waals surface area contributed by atoms with Gasteiger partial charge in [-0.05, 0) is 57.4 Å². The average Bonchev–Trinajstić information content (AvgIpc) is 2.30. The Morgan fingerprint density at radius 1 is 1.28 bits per heavy atom. The Hall–Kier alpha value is -1.06. The highest BCUT2D eigenvalue weighted by atomic mass is 16.5. The zero-order chi connectivity index (χ0) is 13.7. The van der Waals surface area contributed by atoms with E-state index >= 15 is 0 Å². The van der Waals surface area contributed by atoms with Gasteiger partial charge in [-0.2, -0.15) is 0 Å². The summed E-state index contributed by atoms with van der Waals surface area (Å²) < 4.78 is 5.55. The molecular formula is C15H26N2O. The van der Waals surface area contributed by atoms with Gasteiger partial charge in [0.1, 0.15) is 5.75 Å². The minimum absolute atomic E-state index is 0.250. The number of hydrogen-bond acceptors (Lipinski definition) is 3. The third kappa shape index (κ3) is 3.72. The lowest BCUT2D eigenvalue weighted by Crippen LogP contribution is -2.24. The summed E-state index contributed by atoms with van der Waals surface area (Å²) >= 11 is 0. The molecule has 1 rings (SSSR count). The lowest BCUT2D eigenvalue weighted by molar-refractivity contribution is 0.403. The second kappa shape index (κ2) is 6.76. The van der Waals surface area contributed by atoms with Gasteiger partial charge in [0, 0.05) is 18.2 Å². The van der Waals surface area contributed by atoms with E-state index in [0.717, 1.165) is 25.3 Å². The molecule has 0 aliphatic heterocycles. The molecule has 0 amide bonds. The van der Waals surface area contributed by atoms with E-state index in [1.165, 1.54) is 22.3 Å². The first-order chi connectivity index (χ1) is 8.47. The van der Waals surface area contributed by atoms with Gasteiger partial charge in [0.05, 0.1) is 7.11 Å². The molecule has 0 radical (unpaired) electrons. The summed E-state index contributed by atoms with van der Waals surface area (Å²) in [6.45, 7) is 10.2. The molecule has 18 heavy (non-hydrogen) atoms. The van der Waals surface area contributed by atoms with E-state index < -0.39 is 0 Å². The van der Waals surface area contributed by atoms with Gasteiger partial charge in [-0.25, -0.2) is 0 Å². The van der Waals surface area contributed by atoms with Crippen molar-refractivity contribution in [2.45, 2.75) is 46.7 Å². The van der Waals surface area contributed by atoms with Crippen LogP contribution >= 0.6 is 0 Å². The van der Waals surface area contributed by atoms with Gasteiger partial charge in [-0.3, -0.25) is 0 Å². The highest BCUT2D eigenvalue weighted by Crippen LogP contribution is 2.29. The molecule has 1 aromatic rings. The molecular weight excluding hydrogens is 224 g/mol. The molecule has 1 unspecified atom stereocenters. The van der Waals surface area contributed by atoms with E-state index in [9.17, 15) is 0 Å². The normalized spacial score (nSPS) is 12.6. The number of ether oxygens (including phenoxy) is 1. The Balaban J connectivity index is 2.78. The van der Waals surface area contributed by atoms with Crippen LogP contribution in [0.2, 0.25) is 0 Å². The number of methoxy groups -OCH3 is 1. The van der Waals surface area contributed by atoms with Crippen molar-refractivity contribution in [1.82, 2.24) is 5.32 Å². The summed E-state index contributed by atoms with van der Waals surface area (Å²) in [5, 5.41) is 3.44. The van der Waals surface area contributed by atoms with Crippen molar-refractivity contribution in [3.05, 3.63) is 28.3 Å². The Labute approximate surface area is 111 Å². The number of rotatable bonds is 6. The Kier molecular flexibility index (Phi) is 5.63. The lowest BCUT2D eigenvalue weighted by Gasteiger charge is -2.17. The van der Waals surface area contributed by atoms with E-state index in [0.29, 0.717) is 0 Å². The van der Waals surface area contributed by atoms with Gasteiger partial charge in [0.15, 0.2) is 0 Å². The van der Waals surface area contributed by atoms with Crippen LogP contribution in [0.4, 0.5) is 0 Å². The van der Waals surface area contributed by atoms with Crippen LogP contribution in [0.5, 0.6) is 5.75 Å². The summed E-state index contributed by atoms with van der Waals surface area (Å²) in [5.41, 5.74) is 10.8. The van der Waals surface area contributed by atoms with Crippen LogP contribution in [0, 0.1) is 20.8 Å². The van der Waals surface area contributed by atoms with Crippen LogP contribution in [0.25, 0.3) is 0 Å². The molecule has 0 spiro atoms. The van der Waals surface area contributed by atoms with E-state index in [4.69, 9.17) is 10.5 Å². The number of benzene rings is 1. The SMILES string of the molecule is COc1c(C)c(C)cc(C)c1CNCCC(C)N. The van der Waals surface area contributed by atoms with E-state index in [-0.39, 0.29) is 6.04 Å². The zero-order valence-corrected chi connectivity index (χ0v) is 12.3. The van der Waals surface area contributed by atoms with Crippen LogP contribution in [-0.4, -0.2) is 19.7 Å². The molecule has 3 nitrogen and oxygen atoms in total. The maximum atomic E-state index is 5.74. The Bertz CT molecular complexity index is 400. The van der Waals surface area contributed by atoms with Crippen molar-refractivity contribution in [2.75, 3.05) is 13.7 Å². The zero-order valence-electron chi connectivity index (χ0n) is 12.3. The fraction of sp³-hybridized carbons (Fsp3) is 0.600. The van der Waals surface area contributed by atoms with Gasteiger partial charge < -0.3 is 15.8 Å². The quantitative estimate of drug-likeness (QED) is 0.762. The Morgan fingerprint density at radius 2 is 1.94 bits per heavy atom. The smallest absolute Gasteiger partial charge is 0.126 e. The summed E-state index contributed by atoms with van der Waals surface area (Å²) in [4.78, 5) is 0. The van der Waals surface area contributed by atoms with E-state index in [2.05, 4.69) is 32.2 Å². The molecule has 1 atom stereocenters. The first kappa shape index (κ1) is 15.0. The van der Waals surface area contributed by atoms with Gasteiger partial charge in [0.25, 0.3) is 0 Å². The first-order valence-corrected chi connectivity index (χ1v) is 6.57. The van der Waals surface area contributed by atoms with Crippen LogP contribution < -0.4 is 15.8 Å². The third-order valence-corrected chi connectivity index (χ3v) is 3.40. The lowest BCUT2D eigenvalue weighted by atomic mass is 9.99. The second-order valence-corrected chi connectivity index (χ2v) is 5.09. The molecule has 0 heterocycles. The predicted octanol–water partition coefficient (Wildman–Crippen LogP) is 2.45. The molecule has 0 aliphatic carbocycles. The molecule has 0 aromatic heterocycles. The third-order valence-electron chi connectivity index (χ3n) is 3.40. The molecule has 0 saturated carbocycles. The highest BCUT2D eigenvalue weighted by molar-refractivity contribution is 5.49. The monoisotopic (exact) mass is 250 g/mol. The first-order valence-electron chi connectivity index (χ1n) is 6.57. The van der Waals surface area contributed by atoms with E-state index in [1.54, 1.807) is 7.11 Å². The highest BCUT2D eigenvalue weighted by Gasteiger charge is 2.11. The summed E-state index contributed by atoms with van der Waals surface area (Å²) in [6.07, 6.45) is 0.992. The van der Waals surface area contributed by atoms with Gasteiger partial charge in [-0.1, -0.05) is 6.07 Å². The topological polar surface area (TPSA) is 47.3 Å². The number of nitrogens with two attached hydrogens (primary N) is 1. The van der Waals surface area contributed by atoms with Crippen molar-refractivity contribution in [3.8, 4) is 5.75 Å². The fourth-order valence-electron chi connectivity index (χ4n) is 2.14. The van der Waals surface area contributed by atoms with Crippen LogP contribution in [-0.2, 0) is 6.54 Å². The van der Waals surface area contributed by atoms with Crippen molar-refractivity contribution in [2.24, 2.45) is 5.73 Å². The molecule has 0 aliphatic rings. The maximum absolute atomic E-state index is 5.74. The predicted molar refractivity (Wildman–Crippen MR) is 77.2 cm³/mol. The van der Waals surface area contributed by atoms with Crippen LogP contribution in [0.15, 0.2) is 6.07 Å². The molecule has 0 saturated heterocycles. The van der Waals surface area contributed by atoms with Crippen molar-refractivity contribution in [1.29, 1.82) is 0 Å². The van der Waals surface area contributed by atoms with Gasteiger partial charge >= 0.3 is 0 Å². The molecule has 102 valence electrons. The average molecular weight is 250 g/mol. The maximum Gasteiger partial charge on any atom is 0.126 e. The van der Waals surface area contributed by atoms with Crippen LogP contribution in [0.3, 0.4) is 0 Å². The number of aryl methyl sites for hydroxylation is 2. The summed E-state index contributed by atoms with van der Waals surface area (Å²) in [6, 6.07) is 2.47. The second-order valence-electron chi connectivity index (χ2n) is 5.09. The summed E-state index contributed by atoms with van der Waals surface area (Å²) in [7, 11) is 1.74. The number of nitrogens with one attached hydrogen (secondary N) is 1. The standard InChI is InChI=1S/C15H26N2O/c1-10-8-11(2)14(15(18-5)13(10)4)9-17-7-6-12(3)16/h8,12,17H,6-7,9,16H2,1-5H3. The fourth-order valence-corrected chi connectivity index (χ4v) is 2.14. The van der Waals surface area contributed by atoms with Gasteiger partial charge in [0.2, 0.25) is 0 Å². The number of hydrogen-bond donors (Lipinski definition) is 2. The molecule has 3 heteroatoms. The summed E-state index contributed by atoms with van der Waals surface area (Å²) in [5.74, 6) is 1.01. The van der Waals surface area contributed by atoms with E-state index in [1.807, 2.05) is 6.92 Å². The largest absolute Gasteiger partial charge is 0.496 e. The van der Waals surface area contributed by atoms with Crippen molar-refractivity contribution in [3.63, 3.8) is 0 Å². The molecule has 1 aromatic carbocycles. The van der Waals surface area contributed by atoms with Crippen molar-refractivity contribution >= 4 is 0 Å². The van der Waals surface area contributed by atoms with Crippen molar-refractivity contribution < 1.29 is 4.74 Å². The minimum atomic E-state index is 0.250. The molecule has 0 fully saturated rings.